The Hall–Kier alpha value is -0.170. The van der Waals surface area contributed by atoms with Crippen LogP contribution in [0.25, 0.3) is 0 Å². The molecule has 0 aliphatic carbocycles. The monoisotopic (exact) mass is 275 g/mol. The van der Waals surface area contributed by atoms with Gasteiger partial charge >= 0.3 is 0 Å². The van der Waals surface area contributed by atoms with Crippen LogP contribution in [-0.4, -0.2) is 74.5 Å². The van der Waals surface area contributed by atoms with Crippen molar-refractivity contribution in [3.63, 3.8) is 0 Å². The number of hydrogen-bond acceptors (Lipinski definition) is 5. The van der Waals surface area contributed by atoms with Crippen LogP contribution in [-0.2, 0) is 9.84 Å². The number of likely N-dealkylation sites (N-methyl/N-ethyl adjacent to an activating group) is 1. The van der Waals surface area contributed by atoms with Gasteiger partial charge in [-0.3, -0.25) is 4.90 Å². The van der Waals surface area contributed by atoms with Crippen molar-refractivity contribution in [1.82, 2.24) is 9.80 Å². The lowest BCUT2D eigenvalue weighted by Crippen LogP contribution is -2.52. The Kier molecular flexibility index (Phi) is 4.31. The molecule has 6 heteroatoms. The summed E-state index contributed by atoms with van der Waals surface area (Å²) < 4.78 is 23.2. The number of hydrogen-bond donors (Lipinski definition) is 1. The van der Waals surface area contributed by atoms with Gasteiger partial charge in [-0.25, -0.2) is 8.42 Å². The van der Waals surface area contributed by atoms with Crippen LogP contribution in [0.15, 0.2) is 0 Å². The molecule has 2 unspecified atom stereocenters. The molecule has 2 atom stereocenters. The van der Waals surface area contributed by atoms with E-state index in [1.54, 1.807) is 0 Å². The van der Waals surface area contributed by atoms with E-state index in [0.717, 1.165) is 32.5 Å². The summed E-state index contributed by atoms with van der Waals surface area (Å²) in [6.07, 6.45) is 2.24. The van der Waals surface area contributed by atoms with Gasteiger partial charge in [-0.05, 0) is 39.5 Å². The lowest BCUT2D eigenvalue weighted by Gasteiger charge is -2.39. The molecule has 0 bridgehead atoms. The van der Waals surface area contributed by atoms with Gasteiger partial charge in [0.2, 0.25) is 0 Å². The highest BCUT2D eigenvalue weighted by atomic mass is 32.2. The van der Waals surface area contributed by atoms with Gasteiger partial charge in [0, 0.05) is 18.1 Å². The highest BCUT2D eigenvalue weighted by Gasteiger charge is 2.40. The minimum atomic E-state index is -2.92. The largest absolute Gasteiger partial charge is 0.325 e. The van der Waals surface area contributed by atoms with Gasteiger partial charge in [0.05, 0.1) is 11.5 Å². The van der Waals surface area contributed by atoms with Gasteiger partial charge in [-0.2, -0.15) is 0 Å². The minimum Gasteiger partial charge on any atom is -0.325 e. The summed E-state index contributed by atoms with van der Waals surface area (Å²) in [5, 5.41) is 0. The van der Waals surface area contributed by atoms with Crippen molar-refractivity contribution in [2.75, 3.05) is 38.2 Å². The predicted molar refractivity (Wildman–Crippen MR) is 73.3 cm³/mol. The molecule has 5 nitrogen and oxygen atoms in total. The normalized spacial score (nSPS) is 34.2. The van der Waals surface area contributed by atoms with E-state index in [2.05, 4.69) is 16.7 Å². The molecule has 2 aliphatic rings. The van der Waals surface area contributed by atoms with Gasteiger partial charge in [0.1, 0.15) is 0 Å². The summed E-state index contributed by atoms with van der Waals surface area (Å²) in [5.74, 6) is 0.383. The van der Waals surface area contributed by atoms with Gasteiger partial charge < -0.3 is 10.6 Å². The Morgan fingerprint density at radius 3 is 2.33 bits per heavy atom. The van der Waals surface area contributed by atoms with Crippen molar-refractivity contribution in [2.24, 2.45) is 5.73 Å². The van der Waals surface area contributed by atoms with Crippen molar-refractivity contribution < 1.29 is 8.42 Å². The summed E-state index contributed by atoms with van der Waals surface area (Å²) in [6, 6.07) is 0.273. The fourth-order valence-electron chi connectivity index (χ4n) is 3.19. The SMILES string of the molecule is CCN1CCC(N(C)C2CS(=O)(=O)CC2N)CC1. The number of sulfone groups is 1. The third kappa shape index (κ3) is 3.04. The molecule has 2 N–H and O–H groups in total. The molecule has 0 aromatic carbocycles. The molecule has 0 spiro atoms. The molecule has 2 rings (SSSR count). The maximum Gasteiger partial charge on any atom is 0.153 e. The van der Waals surface area contributed by atoms with Crippen LogP contribution in [0.4, 0.5) is 0 Å². The van der Waals surface area contributed by atoms with Gasteiger partial charge in [-0.15, -0.1) is 0 Å². The Morgan fingerprint density at radius 1 is 1.28 bits per heavy atom. The first-order valence-corrected chi connectivity index (χ1v) is 8.65. The van der Waals surface area contributed by atoms with Crippen molar-refractivity contribution in [1.29, 1.82) is 0 Å². The zero-order valence-corrected chi connectivity index (χ0v) is 12.2. The zero-order valence-electron chi connectivity index (χ0n) is 11.4. The highest BCUT2D eigenvalue weighted by Crippen LogP contribution is 2.22. The summed E-state index contributed by atoms with van der Waals surface area (Å²) >= 11 is 0. The standard InChI is InChI=1S/C12H25N3O2S/c1-3-15-6-4-10(5-7-15)14(2)12-9-18(16,17)8-11(12)13/h10-12H,3-9,13H2,1-2H3. The number of likely N-dealkylation sites (tertiary alicyclic amines) is 1. The van der Waals surface area contributed by atoms with Crippen LogP contribution in [0.3, 0.4) is 0 Å². The molecule has 0 radical (unpaired) electrons. The lowest BCUT2D eigenvalue weighted by molar-refractivity contribution is 0.101. The Balaban J connectivity index is 1.94. The Bertz CT molecular complexity index is 377. The van der Waals surface area contributed by atoms with Gasteiger partial charge in [0.25, 0.3) is 0 Å². The first kappa shape index (κ1) is 14.2. The molecule has 106 valence electrons. The van der Waals surface area contributed by atoms with Crippen LogP contribution in [0.5, 0.6) is 0 Å². The topological polar surface area (TPSA) is 66.6 Å². The van der Waals surface area contributed by atoms with E-state index in [4.69, 9.17) is 5.73 Å². The van der Waals surface area contributed by atoms with E-state index in [1.807, 2.05) is 7.05 Å². The van der Waals surface area contributed by atoms with Crippen LogP contribution in [0.1, 0.15) is 19.8 Å². The lowest BCUT2D eigenvalue weighted by atomic mass is 10.0. The molecular formula is C12H25N3O2S. The first-order valence-electron chi connectivity index (χ1n) is 6.83. The fraction of sp³-hybridized carbons (Fsp3) is 1.00. The van der Waals surface area contributed by atoms with Crippen LogP contribution in [0, 0.1) is 0 Å². The fourth-order valence-corrected chi connectivity index (χ4v) is 5.14. The molecule has 2 heterocycles. The first-order chi connectivity index (χ1) is 8.43. The number of piperidine rings is 1. The van der Waals surface area contributed by atoms with Crippen LogP contribution >= 0.6 is 0 Å². The summed E-state index contributed by atoms with van der Waals surface area (Å²) in [4.78, 5) is 4.66. The second-order valence-corrected chi connectivity index (χ2v) is 7.79. The van der Waals surface area contributed by atoms with Crippen molar-refractivity contribution >= 4 is 9.84 Å². The summed E-state index contributed by atoms with van der Waals surface area (Å²) in [5.41, 5.74) is 5.98. The van der Waals surface area contributed by atoms with E-state index in [1.165, 1.54) is 0 Å². The third-order valence-electron chi connectivity index (χ3n) is 4.47. The second kappa shape index (κ2) is 5.45. The van der Waals surface area contributed by atoms with Crippen LogP contribution in [0.2, 0.25) is 0 Å². The zero-order chi connectivity index (χ0) is 13.3. The van der Waals surface area contributed by atoms with Crippen molar-refractivity contribution in [3.05, 3.63) is 0 Å². The molecular weight excluding hydrogens is 250 g/mol. The van der Waals surface area contributed by atoms with Gasteiger partial charge in [0.15, 0.2) is 9.84 Å². The molecule has 0 aromatic heterocycles. The van der Waals surface area contributed by atoms with E-state index in [9.17, 15) is 8.42 Å². The smallest absolute Gasteiger partial charge is 0.153 e. The van der Waals surface area contributed by atoms with Gasteiger partial charge in [-0.1, -0.05) is 6.92 Å². The molecule has 0 saturated carbocycles. The molecule has 2 aliphatic heterocycles. The van der Waals surface area contributed by atoms with Crippen molar-refractivity contribution in [3.8, 4) is 0 Å². The molecule has 18 heavy (non-hydrogen) atoms. The van der Waals surface area contributed by atoms with E-state index in [0.29, 0.717) is 6.04 Å². The third-order valence-corrected chi connectivity index (χ3v) is 6.21. The molecule has 0 aromatic rings. The molecule has 0 amide bonds. The summed E-state index contributed by atoms with van der Waals surface area (Å²) in [7, 11) is -0.882. The van der Waals surface area contributed by atoms with Crippen molar-refractivity contribution in [2.45, 2.75) is 37.9 Å². The number of nitrogens with two attached hydrogens (primary N) is 1. The number of nitrogens with zero attached hydrogens (tertiary/aromatic N) is 2. The van der Waals surface area contributed by atoms with E-state index >= 15 is 0 Å². The summed E-state index contributed by atoms with van der Waals surface area (Å²) in [6.45, 7) is 5.51. The maximum absolute atomic E-state index is 11.6. The maximum atomic E-state index is 11.6. The van der Waals surface area contributed by atoms with Crippen LogP contribution < -0.4 is 5.73 Å². The Labute approximate surface area is 110 Å². The second-order valence-electron chi connectivity index (χ2n) is 5.64. The predicted octanol–water partition coefficient (Wildman–Crippen LogP) is -0.473. The van der Waals surface area contributed by atoms with E-state index in [-0.39, 0.29) is 23.6 Å². The number of rotatable bonds is 3. The van der Waals surface area contributed by atoms with E-state index < -0.39 is 9.84 Å². The average molecular weight is 275 g/mol. The molecule has 2 fully saturated rings. The average Bonchev–Trinajstić information content (AvgIpc) is 2.62. The molecule has 2 saturated heterocycles. The Morgan fingerprint density at radius 2 is 1.89 bits per heavy atom. The quantitative estimate of drug-likeness (QED) is 0.754. The highest BCUT2D eigenvalue weighted by molar-refractivity contribution is 7.91. The minimum absolute atomic E-state index is 0.00757.